The maximum Gasteiger partial charge on any atom is 0.126 e. The highest BCUT2D eigenvalue weighted by Gasteiger charge is 2.27. The van der Waals surface area contributed by atoms with E-state index in [1.165, 1.54) is 27.9 Å². The summed E-state index contributed by atoms with van der Waals surface area (Å²) in [6, 6.07) is 0. The van der Waals surface area contributed by atoms with Crippen LogP contribution in [0.15, 0.2) is 82.5 Å². The summed E-state index contributed by atoms with van der Waals surface area (Å²) < 4.78 is 14.8. The SMILES string of the molecule is C=C/C=C(\C(C)=C\C)C1CC=CC(C2=CC(F)C(CCC)C(C)=C2)=C1C. The molecule has 3 unspecified atom stereocenters. The van der Waals surface area contributed by atoms with Gasteiger partial charge in [0.2, 0.25) is 0 Å². The van der Waals surface area contributed by atoms with Crippen LogP contribution in [0.4, 0.5) is 4.39 Å². The van der Waals surface area contributed by atoms with Crippen molar-refractivity contribution in [2.45, 2.75) is 60.1 Å². The minimum absolute atomic E-state index is 0.0366. The molecule has 3 atom stereocenters. The fraction of sp³-hybridized carbons (Fsp3) is 0.440. The van der Waals surface area contributed by atoms with E-state index in [2.05, 4.69) is 71.6 Å². The second-order valence-electron chi connectivity index (χ2n) is 7.47. The quantitative estimate of drug-likeness (QED) is 0.432. The van der Waals surface area contributed by atoms with Gasteiger partial charge >= 0.3 is 0 Å². The Balaban J connectivity index is 2.43. The normalized spacial score (nSPS) is 27.4. The highest BCUT2D eigenvalue weighted by atomic mass is 19.1. The molecule has 0 heterocycles. The molecule has 0 aromatic carbocycles. The number of halogens is 1. The van der Waals surface area contributed by atoms with E-state index >= 15 is 0 Å². The fourth-order valence-corrected chi connectivity index (χ4v) is 4.12. The first-order valence-corrected chi connectivity index (χ1v) is 9.82. The Labute approximate surface area is 159 Å². The van der Waals surface area contributed by atoms with Crippen LogP contribution in [-0.4, -0.2) is 6.17 Å². The first kappa shape index (κ1) is 20.4. The van der Waals surface area contributed by atoms with Gasteiger partial charge in [-0.3, -0.25) is 0 Å². The van der Waals surface area contributed by atoms with Crippen LogP contribution < -0.4 is 0 Å². The van der Waals surface area contributed by atoms with E-state index in [9.17, 15) is 4.39 Å². The zero-order chi connectivity index (χ0) is 19.3. The second kappa shape index (κ2) is 9.16. The molecule has 0 nitrogen and oxygen atoms in total. The zero-order valence-corrected chi connectivity index (χ0v) is 17.0. The molecular weight excluding hydrogens is 319 g/mol. The Hall–Kier alpha value is -1.89. The van der Waals surface area contributed by atoms with Crippen molar-refractivity contribution in [3.8, 4) is 0 Å². The molecule has 26 heavy (non-hydrogen) atoms. The highest BCUT2D eigenvalue weighted by molar-refractivity contribution is 5.56. The largest absolute Gasteiger partial charge is 0.242 e. The molecule has 0 saturated heterocycles. The summed E-state index contributed by atoms with van der Waals surface area (Å²) in [5, 5.41) is 0. The van der Waals surface area contributed by atoms with Crippen molar-refractivity contribution in [3.05, 3.63) is 82.5 Å². The van der Waals surface area contributed by atoms with E-state index in [0.29, 0.717) is 5.92 Å². The average Bonchev–Trinajstić information content (AvgIpc) is 2.62. The lowest BCUT2D eigenvalue weighted by molar-refractivity contribution is 0.292. The molecule has 2 aliphatic rings. The lowest BCUT2D eigenvalue weighted by Gasteiger charge is -2.30. The zero-order valence-electron chi connectivity index (χ0n) is 17.0. The number of allylic oxidation sites excluding steroid dienone is 13. The van der Waals surface area contributed by atoms with Crippen LogP contribution in [0.1, 0.15) is 53.9 Å². The molecule has 0 aromatic heterocycles. The Kier molecular flexibility index (Phi) is 7.20. The van der Waals surface area contributed by atoms with Crippen LogP contribution in [0.5, 0.6) is 0 Å². The van der Waals surface area contributed by atoms with Crippen LogP contribution in [0.3, 0.4) is 0 Å². The van der Waals surface area contributed by atoms with E-state index in [1.807, 2.05) is 12.2 Å². The second-order valence-corrected chi connectivity index (χ2v) is 7.47. The van der Waals surface area contributed by atoms with E-state index in [0.717, 1.165) is 24.8 Å². The number of rotatable bonds is 6. The van der Waals surface area contributed by atoms with Gasteiger partial charge in [0.25, 0.3) is 0 Å². The standard InChI is InChI=1S/C25H33F/c1-7-11-21(17(4)9-3)24-14-10-13-23(19(24)6)20-15-18(5)22(12-8-2)25(26)16-20/h7,9-11,13,15-16,22,24-25H,1,8,12,14H2,2-6H3/b17-9+,21-11+. The summed E-state index contributed by atoms with van der Waals surface area (Å²) in [6.07, 6.45) is 16.6. The molecule has 0 radical (unpaired) electrons. The fourth-order valence-electron chi connectivity index (χ4n) is 4.12. The van der Waals surface area contributed by atoms with Crippen LogP contribution in [-0.2, 0) is 0 Å². The van der Waals surface area contributed by atoms with Crippen LogP contribution in [0.2, 0.25) is 0 Å². The van der Waals surface area contributed by atoms with E-state index < -0.39 is 6.17 Å². The summed E-state index contributed by atoms with van der Waals surface area (Å²) in [6.45, 7) is 14.5. The molecule has 0 saturated carbocycles. The van der Waals surface area contributed by atoms with E-state index in [-0.39, 0.29) is 5.92 Å². The number of hydrogen-bond acceptors (Lipinski definition) is 0. The molecule has 0 aromatic rings. The topological polar surface area (TPSA) is 0 Å². The Morgan fingerprint density at radius 3 is 2.65 bits per heavy atom. The molecule has 0 amide bonds. The van der Waals surface area contributed by atoms with Gasteiger partial charge in [-0.05, 0) is 63.3 Å². The minimum Gasteiger partial charge on any atom is -0.242 e. The first-order valence-electron chi connectivity index (χ1n) is 9.82. The Morgan fingerprint density at radius 1 is 1.35 bits per heavy atom. The average molecular weight is 353 g/mol. The molecule has 140 valence electrons. The third kappa shape index (κ3) is 4.26. The Bertz CT molecular complexity index is 721. The third-order valence-electron chi connectivity index (χ3n) is 5.77. The van der Waals surface area contributed by atoms with E-state index in [1.54, 1.807) is 0 Å². The van der Waals surface area contributed by atoms with Crippen molar-refractivity contribution in [2.24, 2.45) is 11.8 Å². The van der Waals surface area contributed by atoms with Crippen molar-refractivity contribution in [2.75, 3.05) is 0 Å². The molecule has 2 aliphatic carbocycles. The van der Waals surface area contributed by atoms with Crippen molar-refractivity contribution < 1.29 is 4.39 Å². The summed E-state index contributed by atoms with van der Waals surface area (Å²) in [7, 11) is 0. The predicted octanol–water partition coefficient (Wildman–Crippen LogP) is 7.60. The van der Waals surface area contributed by atoms with Gasteiger partial charge in [0.15, 0.2) is 0 Å². The van der Waals surface area contributed by atoms with Crippen LogP contribution >= 0.6 is 0 Å². The summed E-state index contributed by atoms with van der Waals surface area (Å²) in [5.74, 6) is 0.361. The maximum absolute atomic E-state index is 14.8. The highest BCUT2D eigenvalue weighted by Crippen LogP contribution is 2.40. The van der Waals surface area contributed by atoms with Crippen molar-refractivity contribution in [3.63, 3.8) is 0 Å². The third-order valence-corrected chi connectivity index (χ3v) is 5.77. The number of alkyl halides is 1. The smallest absolute Gasteiger partial charge is 0.126 e. The predicted molar refractivity (Wildman–Crippen MR) is 113 cm³/mol. The van der Waals surface area contributed by atoms with Crippen molar-refractivity contribution in [1.82, 2.24) is 0 Å². The van der Waals surface area contributed by atoms with Gasteiger partial charge in [-0.2, -0.15) is 0 Å². The van der Waals surface area contributed by atoms with Gasteiger partial charge in [-0.25, -0.2) is 4.39 Å². The minimum atomic E-state index is -0.885. The van der Waals surface area contributed by atoms with Gasteiger partial charge in [-0.15, -0.1) is 0 Å². The van der Waals surface area contributed by atoms with Gasteiger partial charge < -0.3 is 0 Å². The molecule has 0 fully saturated rings. The van der Waals surface area contributed by atoms with Crippen LogP contribution in [0.25, 0.3) is 0 Å². The molecule has 2 rings (SSSR count). The maximum atomic E-state index is 14.8. The van der Waals surface area contributed by atoms with E-state index in [4.69, 9.17) is 0 Å². The number of hydrogen-bond donors (Lipinski definition) is 0. The molecule has 0 aliphatic heterocycles. The Morgan fingerprint density at radius 2 is 2.08 bits per heavy atom. The van der Waals surface area contributed by atoms with Gasteiger partial charge in [-0.1, -0.05) is 73.1 Å². The molecule has 0 spiro atoms. The van der Waals surface area contributed by atoms with Gasteiger partial charge in [0.1, 0.15) is 6.17 Å². The molecule has 0 N–H and O–H groups in total. The lowest BCUT2D eigenvalue weighted by atomic mass is 9.76. The molecule has 0 bridgehead atoms. The summed E-state index contributed by atoms with van der Waals surface area (Å²) in [4.78, 5) is 0. The van der Waals surface area contributed by atoms with Gasteiger partial charge in [0.05, 0.1) is 0 Å². The van der Waals surface area contributed by atoms with Crippen molar-refractivity contribution >= 4 is 0 Å². The first-order chi connectivity index (χ1) is 12.4. The molecule has 1 heteroatoms. The lowest BCUT2D eigenvalue weighted by Crippen LogP contribution is -2.20. The summed E-state index contributed by atoms with van der Waals surface area (Å²) in [5.41, 5.74) is 7.28. The van der Waals surface area contributed by atoms with Crippen molar-refractivity contribution in [1.29, 1.82) is 0 Å². The summed E-state index contributed by atoms with van der Waals surface area (Å²) >= 11 is 0. The monoisotopic (exact) mass is 352 g/mol. The van der Waals surface area contributed by atoms with Gasteiger partial charge in [0, 0.05) is 11.8 Å². The molecular formula is C25H33F. The van der Waals surface area contributed by atoms with Crippen LogP contribution in [0, 0.1) is 11.8 Å².